The summed E-state index contributed by atoms with van der Waals surface area (Å²) in [5, 5.41) is 0. The first-order valence-corrected chi connectivity index (χ1v) is 3.61. The van der Waals surface area contributed by atoms with Crippen LogP contribution in [0.1, 0.15) is 13.8 Å². The second-order valence-corrected chi connectivity index (χ2v) is 2.27. The van der Waals surface area contributed by atoms with Crippen molar-refractivity contribution < 1.29 is 0 Å². The Labute approximate surface area is 67.2 Å². The molecule has 0 aromatic heterocycles. The van der Waals surface area contributed by atoms with Crippen molar-refractivity contribution in [2.45, 2.75) is 13.8 Å². The van der Waals surface area contributed by atoms with Crippen LogP contribution in [0.4, 0.5) is 0 Å². The molecule has 0 rings (SSSR count). The minimum atomic E-state index is 0.683. The van der Waals surface area contributed by atoms with Crippen molar-refractivity contribution in [1.29, 1.82) is 0 Å². The van der Waals surface area contributed by atoms with E-state index in [1.807, 2.05) is 13.8 Å². The lowest BCUT2D eigenvalue weighted by atomic mass is 10.4. The average Bonchev–Trinajstić information content (AvgIpc) is 1.88. The van der Waals surface area contributed by atoms with Crippen molar-refractivity contribution in [3.05, 3.63) is 11.9 Å². The van der Waals surface area contributed by atoms with E-state index < -0.39 is 0 Å². The molecule has 10 heavy (non-hydrogen) atoms. The van der Waals surface area contributed by atoms with Crippen LogP contribution < -0.4 is 0 Å². The van der Waals surface area contributed by atoms with Gasteiger partial charge in [0, 0.05) is 17.7 Å². The predicted octanol–water partition coefficient (Wildman–Crippen LogP) is 1.94. The van der Waals surface area contributed by atoms with E-state index in [4.69, 9.17) is 0 Å². The summed E-state index contributed by atoms with van der Waals surface area (Å²) < 4.78 is 0. The van der Waals surface area contributed by atoms with Gasteiger partial charge < -0.3 is 0 Å². The first-order chi connectivity index (χ1) is 4.70. The summed E-state index contributed by atoms with van der Waals surface area (Å²) >= 11 is 4.05. The smallest absolute Gasteiger partial charge is 0.0554 e. The van der Waals surface area contributed by atoms with Gasteiger partial charge >= 0.3 is 0 Å². The molecule has 0 aromatic rings. The number of allylic oxidation sites excluding steroid dienone is 1. The van der Waals surface area contributed by atoms with Gasteiger partial charge in [-0.15, -0.1) is 0 Å². The van der Waals surface area contributed by atoms with E-state index in [9.17, 15) is 0 Å². The minimum absolute atomic E-state index is 0.683. The lowest BCUT2D eigenvalue weighted by molar-refractivity contribution is 1.26. The van der Waals surface area contributed by atoms with Gasteiger partial charge in [-0.1, -0.05) is 0 Å². The maximum Gasteiger partial charge on any atom is 0.0554 e. The molecule has 0 aliphatic heterocycles. The van der Waals surface area contributed by atoms with Gasteiger partial charge in [-0.25, -0.2) is 0 Å². The van der Waals surface area contributed by atoms with E-state index in [1.165, 1.54) is 0 Å². The van der Waals surface area contributed by atoms with Crippen LogP contribution >= 0.6 is 12.6 Å². The third-order valence-electron chi connectivity index (χ3n) is 0.874. The lowest BCUT2D eigenvalue weighted by Gasteiger charge is -1.92. The Kier molecular flexibility index (Phi) is 4.94. The molecular weight excluding hydrogens is 144 g/mol. The SMILES string of the molecule is C=N/C=C(/C)N=C(C)CS. The molecule has 0 amide bonds. The quantitative estimate of drug-likeness (QED) is 0.477. The molecule has 0 radical (unpaired) electrons. The van der Waals surface area contributed by atoms with Crippen LogP contribution in [0.15, 0.2) is 21.9 Å². The van der Waals surface area contributed by atoms with Gasteiger partial charge in [-0.2, -0.15) is 12.6 Å². The van der Waals surface area contributed by atoms with Crippen LogP contribution in [0.5, 0.6) is 0 Å². The highest BCUT2D eigenvalue weighted by molar-refractivity contribution is 7.81. The zero-order chi connectivity index (χ0) is 7.98. The molecule has 0 unspecified atom stereocenters. The summed E-state index contributed by atoms with van der Waals surface area (Å²) in [5.41, 5.74) is 1.85. The van der Waals surface area contributed by atoms with E-state index >= 15 is 0 Å². The van der Waals surface area contributed by atoms with E-state index in [0.717, 1.165) is 11.4 Å². The summed E-state index contributed by atoms with van der Waals surface area (Å²) in [6.07, 6.45) is 1.62. The highest BCUT2D eigenvalue weighted by Gasteiger charge is 1.85. The number of aliphatic imine (C=N–C) groups is 2. The Balaban J connectivity index is 4.11. The molecule has 0 atom stereocenters. The Bertz CT molecular complexity index is 170. The number of nitrogens with zero attached hydrogens (tertiary/aromatic N) is 2. The third-order valence-corrected chi connectivity index (χ3v) is 1.33. The highest BCUT2D eigenvalue weighted by Crippen LogP contribution is 1.96. The van der Waals surface area contributed by atoms with Gasteiger partial charge in [-0.05, 0) is 20.6 Å². The molecule has 0 bridgehead atoms. The molecule has 0 N–H and O–H groups in total. The largest absolute Gasteiger partial charge is 0.271 e. The van der Waals surface area contributed by atoms with Crippen molar-refractivity contribution in [3.63, 3.8) is 0 Å². The second kappa shape index (κ2) is 5.23. The van der Waals surface area contributed by atoms with Gasteiger partial charge in [0.05, 0.1) is 5.70 Å². The first-order valence-electron chi connectivity index (χ1n) is 2.98. The number of rotatable bonds is 3. The van der Waals surface area contributed by atoms with E-state index in [0.29, 0.717) is 5.75 Å². The molecule has 0 aromatic carbocycles. The summed E-state index contributed by atoms with van der Waals surface area (Å²) in [5.74, 6) is 0.683. The van der Waals surface area contributed by atoms with Crippen molar-refractivity contribution in [2.75, 3.05) is 5.75 Å². The monoisotopic (exact) mass is 156 g/mol. The fourth-order valence-corrected chi connectivity index (χ4v) is 0.568. The molecule has 2 nitrogen and oxygen atoms in total. The summed E-state index contributed by atoms with van der Waals surface area (Å²) in [7, 11) is 0. The lowest BCUT2D eigenvalue weighted by Crippen LogP contribution is -1.91. The maximum atomic E-state index is 4.15. The minimum Gasteiger partial charge on any atom is -0.271 e. The third kappa shape index (κ3) is 4.32. The molecular formula is C7H12N2S. The molecule has 0 saturated heterocycles. The molecule has 0 aliphatic rings. The molecule has 0 spiro atoms. The standard InChI is InChI=1S/C7H12N2S/c1-6(4-8-3)9-7(2)5-10/h4,10H,3,5H2,1-2H3/b6-4-,9-7?. The summed E-state index contributed by atoms with van der Waals surface area (Å²) in [6, 6.07) is 0. The van der Waals surface area contributed by atoms with E-state index in [2.05, 4.69) is 29.3 Å². The average molecular weight is 156 g/mol. The molecule has 0 fully saturated rings. The molecule has 0 saturated carbocycles. The zero-order valence-electron chi connectivity index (χ0n) is 6.33. The van der Waals surface area contributed by atoms with Gasteiger partial charge in [0.2, 0.25) is 0 Å². The van der Waals surface area contributed by atoms with Crippen molar-refractivity contribution >= 4 is 25.1 Å². The number of hydrogen-bond acceptors (Lipinski definition) is 3. The van der Waals surface area contributed by atoms with Crippen LogP contribution in [-0.2, 0) is 0 Å². The molecule has 56 valence electrons. The number of hydrogen-bond donors (Lipinski definition) is 1. The van der Waals surface area contributed by atoms with E-state index in [-0.39, 0.29) is 0 Å². The topological polar surface area (TPSA) is 24.7 Å². The van der Waals surface area contributed by atoms with Crippen molar-refractivity contribution in [3.8, 4) is 0 Å². The van der Waals surface area contributed by atoms with Crippen LogP contribution in [0, 0.1) is 0 Å². The normalized spacial score (nSPS) is 13.5. The van der Waals surface area contributed by atoms with Crippen LogP contribution in [0.25, 0.3) is 0 Å². The highest BCUT2D eigenvalue weighted by atomic mass is 32.1. The fraction of sp³-hybridized carbons (Fsp3) is 0.429. The van der Waals surface area contributed by atoms with Gasteiger partial charge in [0.1, 0.15) is 0 Å². The van der Waals surface area contributed by atoms with Crippen LogP contribution in [-0.4, -0.2) is 18.2 Å². The van der Waals surface area contributed by atoms with E-state index in [1.54, 1.807) is 6.20 Å². The molecule has 3 heteroatoms. The Hall–Kier alpha value is -0.570. The van der Waals surface area contributed by atoms with Gasteiger partial charge in [0.25, 0.3) is 0 Å². The van der Waals surface area contributed by atoms with Crippen molar-refractivity contribution in [1.82, 2.24) is 0 Å². The van der Waals surface area contributed by atoms with Gasteiger partial charge in [0.15, 0.2) is 0 Å². The predicted molar refractivity (Wildman–Crippen MR) is 50.3 cm³/mol. The van der Waals surface area contributed by atoms with Crippen molar-refractivity contribution in [2.24, 2.45) is 9.98 Å². The van der Waals surface area contributed by atoms with Crippen LogP contribution in [0.2, 0.25) is 0 Å². The second-order valence-electron chi connectivity index (χ2n) is 1.96. The Morgan fingerprint density at radius 2 is 2.20 bits per heavy atom. The zero-order valence-corrected chi connectivity index (χ0v) is 7.23. The summed E-state index contributed by atoms with van der Waals surface area (Å²) in [4.78, 5) is 7.73. The molecule has 0 heterocycles. The first kappa shape index (κ1) is 9.43. The fourth-order valence-electron chi connectivity index (χ4n) is 0.497. The molecule has 0 aliphatic carbocycles. The number of thiol groups is 1. The van der Waals surface area contributed by atoms with Crippen LogP contribution in [0.3, 0.4) is 0 Å². The maximum absolute atomic E-state index is 4.15. The Morgan fingerprint density at radius 1 is 1.60 bits per heavy atom. The summed E-state index contributed by atoms with van der Waals surface area (Å²) in [6.45, 7) is 7.12. The Morgan fingerprint density at radius 3 is 2.60 bits per heavy atom. The van der Waals surface area contributed by atoms with Gasteiger partial charge in [-0.3, -0.25) is 9.98 Å².